The van der Waals surface area contributed by atoms with Crippen LogP contribution in [0.2, 0.25) is 0 Å². The van der Waals surface area contributed by atoms with Crippen molar-refractivity contribution in [2.75, 3.05) is 31.2 Å². The van der Waals surface area contributed by atoms with Crippen LogP contribution in [0.5, 0.6) is 0 Å². The highest BCUT2D eigenvalue weighted by atomic mass is 32.2. The van der Waals surface area contributed by atoms with Gasteiger partial charge in [-0.05, 0) is 29.8 Å². The standard InChI is InChI=1S/C22H25F3N2O2S/c1-15(2)30-20-6-4-3-5-18(20)21(28)26-14-16-7-8-17(13-19(16)22(23,24)25)27-9-11-29-12-10-27/h3-8,13,15H,9-12,14H2,1-2H3,(H,26,28). The molecule has 30 heavy (non-hydrogen) atoms. The van der Waals surface area contributed by atoms with Crippen LogP contribution in [0, 0.1) is 0 Å². The van der Waals surface area contributed by atoms with Gasteiger partial charge < -0.3 is 15.0 Å². The number of ether oxygens (including phenoxy) is 1. The molecular weight excluding hydrogens is 413 g/mol. The summed E-state index contributed by atoms with van der Waals surface area (Å²) in [5.74, 6) is -0.385. The first kappa shape index (κ1) is 22.5. The summed E-state index contributed by atoms with van der Waals surface area (Å²) in [6.07, 6.45) is -4.51. The minimum absolute atomic E-state index is 0.0434. The number of benzene rings is 2. The number of carbonyl (C=O) groups is 1. The third-order valence-electron chi connectivity index (χ3n) is 4.71. The van der Waals surface area contributed by atoms with Gasteiger partial charge in [-0.1, -0.05) is 32.0 Å². The minimum Gasteiger partial charge on any atom is -0.378 e. The highest BCUT2D eigenvalue weighted by molar-refractivity contribution is 8.00. The van der Waals surface area contributed by atoms with Crippen LogP contribution in [0.15, 0.2) is 47.4 Å². The van der Waals surface area contributed by atoms with Gasteiger partial charge in [0.25, 0.3) is 5.91 Å². The Hall–Kier alpha value is -2.19. The lowest BCUT2D eigenvalue weighted by Crippen LogP contribution is -2.36. The Morgan fingerprint density at radius 1 is 1.17 bits per heavy atom. The lowest BCUT2D eigenvalue weighted by atomic mass is 10.0. The minimum atomic E-state index is -4.51. The molecule has 8 heteroatoms. The van der Waals surface area contributed by atoms with Gasteiger partial charge in [-0.15, -0.1) is 11.8 Å². The van der Waals surface area contributed by atoms with Crippen LogP contribution in [0.1, 0.15) is 35.3 Å². The van der Waals surface area contributed by atoms with Gasteiger partial charge in [-0.3, -0.25) is 4.79 Å². The molecule has 1 saturated heterocycles. The molecule has 0 aliphatic carbocycles. The fourth-order valence-corrected chi connectivity index (χ4v) is 4.24. The number of morpholine rings is 1. The number of anilines is 1. The number of nitrogens with zero attached hydrogens (tertiary/aromatic N) is 1. The maximum Gasteiger partial charge on any atom is 0.416 e. The summed E-state index contributed by atoms with van der Waals surface area (Å²) in [6, 6.07) is 11.4. The Bertz CT molecular complexity index is 881. The number of carbonyl (C=O) groups excluding carboxylic acids is 1. The normalized spacial score (nSPS) is 14.8. The molecule has 0 spiro atoms. The predicted octanol–water partition coefficient (Wildman–Crippen LogP) is 4.97. The number of rotatable bonds is 6. The number of nitrogens with one attached hydrogen (secondary N) is 1. The lowest BCUT2D eigenvalue weighted by molar-refractivity contribution is -0.138. The predicted molar refractivity (Wildman–Crippen MR) is 113 cm³/mol. The van der Waals surface area contributed by atoms with E-state index in [2.05, 4.69) is 5.32 Å². The molecule has 1 heterocycles. The molecule has 162 valence electrons. The third-order valence-corrected chi connectivity index (χ3v) is 5.79. The smallest absolute Gasteiger partial charge is 0.378 e. The summed E-state index contributed by atoms with van der Waals surface area (Å²) >= 11 is 1.54. The molecule has 0 unspecified atom stereocenters. The van der Waals surface area contributed by atoms with Crippen LogP contribution in [0.25, 0.3) is 0 Å². The second-order valence-corrected chi connectivity index (χ2v) is 8.90. The number of hydrogen-bond acceptors (Lipinski definition) is 4. The highest BCUT2D eigenvalue weighted by Gasteiger charge is 2.34. The van der Waals surface area contributed by atoms with Crippen LogP contribution in [0.4, 0.5) is 18.9 Å². The summed E-state index contributed by atoms with van der Waals surface area (Å²) in [6.45, 7) is 5.93. The zero-order chi connectivity index (χ0) is 21.7. The molecule has 1 aliphatic rings. The van der Waals surface area contributed by atoms with Crippen molar-refractivity contribution in [3.05, 3.63) is 59.2 Å². The average molecular weight is 439 g/mol. The summed E-state index contributed by atoms with van der Waals surface area (Å²) in [5, 5.41) is 2.94. The van der Waals surface area contributed by atoms with Crippen molar-refractivity contribution in [3.8, 4) is 0 Å². The van der Waals surface area contributed by atoms with Gasteiger partial charge >= 0.3 is 6.18 Å². The number of alkyl halides is 3. The Balaban J connectivity index is 1.78. The second kappa shape index (κ2) is 9.75. The third kappa shape index (κ3) is 5.70. The molecule has 3 rings (SSSR count). The van der Waals surface area contributed by atoms with E-state index in [1.807, 2.05) is 30.9 Å². The first-order chi connectivity index (χ1) is 14.3. The van der Waals surface area contributed by atoms with Crippen LogP contribution in [0.3, 0.4) is 0 Å². The summed E-state index contributed by atoms with van der Waals surface area (Å²) in [4.78, 5) is 15.4. The number of thioether (sulfide) groups is 1. The summed E-state index contributed by atoms with van der Waals surface area (Å²) in [5.41, 5.74) is 0.299. The molecule has 0 bridgehead atoms. The molecule has 0 atom stereocenters. The van der Waals surface area contributed by atoms with Crippen molar-refractivity contribution in [2.24, 2.45) is 0 Å². The van der Waals surface area contributed by atoms with Crippen LogP contribution < -0.4 is 10.2 Å². The second-order valence-electron chi connectivity index (χ2n) is 7.28. The van der Waals surface area contributed by atoms with E-state index in [1.54, 1.807) is 30.0 Å². The van der Waals surface area contributed by atoms with Gasteiger partial charge in [0.1, 0.15) is 0 Å². The van der Waals surface area contributed by atoms with E-state index in [0.717, 1.165) is 11.0 Å². The van der Waals surface area contributed by atoms with E-state index in [1.165, 1.54) is 6.07 Å². The molecule has 0 saturated carbocycles. The molecule has 1 N–H and O–H groups in total. The summed E-state index contributed by atoms with van der Waals surface area (Å²) in [7, 11) is 0. The Labute approximate surface area is 178 Å². The van der Waals surface area contributed by atoms with Crippen molar-refractivity contribution < 1.29 is 22.7 Å². The molecular formula is C22H25F3N2O2S. The molecule has 2 aromatic carbocycles. The van der Waals surface area contributed by atoms with E-state index >= 15 is 0 Å². The first-order valence-corrected chi connectivity index (χ1v) is 10.7. The Morgan fingerprint density at radius 2 is 1.87 bits per heavy atom. The van der Waals surface area contributed by atoms with Gasteiger partial charge in [-0.2, -0.15) is 13.2 Å². The number of halogens is 3. The molecule has 0 radical (unpaired) electrons. The maximum atomic E-state index is 13.7. The van der Waals surface area contributed by atoms with Gasteiger partial charge in [0.15, 0.2) is 0 Å². The van der Waals surface area contributed by atoms with E-state index in [0.29, 0.717) is 37.6 Å². The van der Waals surface area contributed by atoms with Crippen molar-refractivity contribution in [1.82, 2.24) is 5.32 Å². The first-order valence-electron chi connectivity index (χ1n) is 9.82. The zero-order valence-corrected chi connectivity index (χ0v) is 17.8. The molecule has 0 aromatic heterocycles. The molecule has 1 amide bonds. The van der Waals surface area contributed by atoms with E-state index in [9.17, 15) is 18.0 Å². The SMILES string of the molecule is CC(C)Sc1ccccc1C(=O)NCc1ccc(N2CCOCC2)cc1C(F)(F)F. The van der Waals surface area contributed by atoms with Crippen molar-refractivity contribution >= 4 is 23.4 Å². The van der Waals surface area contributed by atoms with E-state index in [-0.39, 0.29) is 23.3 Å². The fraction of sp³-hybridized carbons (Fsp3) is 0.409. The van der Waals surface area contributed by atoms with Crippen molar-refractivity contribution in [1.29, 1.82) is 0 Å². The fourth-order valence-electron chi connectivity index (χ4n) is 3.28. The molecule has 1 fully saturated rings. The van der Waals surface area contributed by atoms with Gasteiger partial charge in [0.05, 0.1) is 24.3 Å². The molecule has 2 aromatic rings. The van der Waals surface area contributed by atoms with Gasteiger partial charge in [0.2, 0.25) is 0 Å². The number of amides is 1. The van der Waals surface area contributed by atoms with Crippen LogP contribution in [-0.2, 0) is 17.5 Å². The van der Waals surface area contributed by atoms with Gasteiger partial charge in [0, 0.05) is 35.5 Å². The van der Waals surface area contributed by atoms with E-state index in [4.69, 9.17) is 4.74 Å². The quantitative estimate of drug-likeness (QED) is 0.647. The van der Waals surface area contributed by atoms with Gasteiger partial charge in [-0.25, -0.2) is 0 Å². The van der Waals surface area contributed by atoms with Crippen molar-refractivity contribution in [2.45, 2.75) is 36.7 Å². The lowest BCUT2D eigenvalue weighted by Gasteiger charge is -2.29. The maximum absolute atomic E-state index is 13.7. The molecule has 1 aliphatic heterocycles. The van der Waals surface area contributed by atoms with Crippen LogP contribution in [-0.4, -0.2) is 37.5 Å². The highest BCUT2D eigenvalue weighted by Crippen LogP contribution is 2.35. The van der Waals surface area contributed by atoms with Crippen molar-refractivity contribution in [3.63, 3.8) is 0 Å². The monoisotopic (exact) mass is 438 g/mol. The zero-order valence-electron chi connectivity index (χ0n) is 17.0. The van der Waals surface area contributed by atoms with E-state index < -0.39 is 11.7 Å². The topological polar surface area (TPSA) is 41.6 Å². The summed E-state index contributed by atoms with van der Waals surface area (Å²) < 4.78 is 46.3. The Kier molecular flexibility index (Phi) is 7.31. The average Bonchev–Trinajstić information content (AvgIpc) is 2.72. The largest absolute Gasteiger partial charge is 0.416 e. The Morgan fingerprint density at radius 3 is 2.53 bits per heavy atom. The number of hydrogen-bond donors (Lipinski definition) is 1. The molecule has 4 nitrogen and oxygen atoms in total. The van der Waals surface area contributed by atoms with Crippen LogP contribution >= 0.6 is 11.8 Å².